The molecule has 20 heavy (non-hydrogen) atoms. The summed E-state index contributed by atoms with van der Waals surface area (Å²) in [5, 5.41) is 7.42. The number of anilines is 1. The predicted octanol–water partition coefficient (Wildman–Crippen LogP) is 0.652. The van der Waals surface area contributed by atoms with Crippen LogP contribution in [-0.2, 0) is 9.53 Å². The van der Waals surface area contributed by atoms with Gasteiger partial charge in [0.25, 0.3) is 0 Å². The van der Waals surface area contributed by atoms with Gasteiger partial charge in [-0.05, 0) is 19.2 Å². The van der Waals surface area contributed by atoms with Crippen LogP contribution in [0.3, 0.4) is 0 Å². The highest BCUT2D eigenvalue weighted by molar-refractivity contribution is 6.30. The number of rotatable bonds is 2. The minimum Gasteiger partial charge on any atom is -0.378 e. The van der Waals surface area contributed by atoms with Crippen LogP contribution in [0.4, 0.5) is 5.95 Å². The summed E-state index contributed by atoms with van der Waals surface area (Å²) in [4.78, 5) is 18.3. The van der Waals surface area contributed by atoms with Crippen LogP contribution in [0.15, 0.2) is 18.3 Å². The summed E-state index contributed by atoms with van der Waals surface area (Å²) in [7, 11) is 1.89. The van der Waals surface area contributed by atoms with Crippen LogP contribution in [0.25, 0.3) is 5.65 Å². The van der Waals surface area contributed by atoms with Crippen LogP contribution in [0.5, 0.6) is 0 Å². The van der Waals surface area contributed by atoms with Crippen molar-refractivity contribution in [2.75, 3.05) is 32.1 Å². The number of carbonyl (C=O) groups is 1. The van der Waals surface area contributed by atoms with Gasteiger partial charge in [-0.25, -0.2) is 4.52 Å². The maximum Gasteiger partial charge on any atom is 0.249 e. The lowest BCUT2D eigenvalue weighted by Gasteiger charge is -2.30. The zero-order valence-electron chi connectivity index (χ0n) is 10.9. The first-order valence-corrected chi connectivity index (χ1v) is 6.62. The zero-order valence-corrected chi connectivity index (χ0v) is 11.7. The minimum absolute atomic E-state index is 0.172. The minimum atomic E-state index is -0.320. The monoisotopic (exact) mass is 295 g/mol. The molecule has 1 unspecified atom stereocenters. The van der Waals surface area contributed by atoms with E-state index in [0.29, 0.717) is 23.9 Å². The van der Waals surface area contributed by atoms with Gasteiger partial charge in [-0.1, -0.05) is 11.6 Å². The molecule has 8 heteroatoms. The fraction of sp³-hybridized carbons (Fsp3) is 0.417. The van der Waals surface area contributed by atoms with Crippen molar-refractivity contribution in [1.29, 1.82) is 0 Å². The fourth-order valence-electron chi connectivity index (χ4n) is 2.07. The van der Waals surface area contributed by atoms with Crippen LogP contribution in [0, 0.1) is 0 Å². The number of morpholine rings is 1. The summed E-state index contributed by atoms with van der Waals surface area (Å²) in [6, 6.07) is 3.14. The number of aromatic nitrogens is 3. The number of carbonyl (C=O) groups excluding carboxylic acids is 1. The SMILES string of the molecule is CN1CCOCC1C(=O)Nc1nc2ccc(Cl)cn2n1. The average molecular weight is 296 g/mol. The van der Waals surface area contributed by atoms with Gasteiger partial charge in [0.15, 0.2) is 5.65 Å². The van der Waals surface area contributed by atoms with Crippen molar-refractivity contribution in [3.05, 3.63) is 23.4 Å². The molecule has 1 aliphatic rings. The Bertz CT molecular complexity index is 644. The topological polar surface area (TPSA) is 71.8 Å². The number of pyridine rings is 1. The maximum absolute atomic E-state index is 12.2. The molecule has 1 amide bonds. The van der Waals surface area contributed by atoms with Crippen molar-refractivity contribution in [2.24, 2.45) is 0 Å². The normalized spacial score (nSPS) is 20.2. The number of nitrogens with one attached hydrogen (secondary N) is 1. The number of fused-ring (bicyclic) bond motifs is 1. The first kappa shape index (κ1) is 13.3. The molecule has 0 radical (unpaired) electrons. The Morgan fingerprint density at radius 2 is 2.40 bits per heavy atom. The molecule has 0 aliphatic carbocycles. The second-order valence-electron chi connectivity index (χ2n) is 4.65. The Hall–Kier alpha value is -1.70. The van der Waals surface area contributed by atoms with E-state index in [-0.39, 0.29) is 17.9 Å². The van der Waals surface area contributed by atoms with Crippen molar-refractivity contribution >= 4 is 29.1 Å². The third-order valence-corrected chi connectivity index (χ3v) is 3.45. The highest BCUT2D eigenvalue weighted by Crippen LogP contribution is 2.12. The molecule has 3 heterocycles. The van der Waals surface area contributed by atoms with Gasteiger partial charge >= 0.3 is 0 Å². The Balaban J connectivity index is 1.76. The number of amides is 1. The lowest BCUT2D eigenvalue weighted by molar-refractivity contribution is -0.126. The molecular weight excluding hydrogens is 282 g/mol. The average Bonchev–Trinajstić information content (AvgIpc) is 2.80. The number of likely N-dealkylation sites (N-methyl/N-ethyl adjacent to an activating group) is 1. The standard InChI is InChI=1S/C12H14ClN5O2/c1-17-4-5-20-7-9(17)11(19)15-12-14-10-3-2-8(13)6-18(10)16-12/h2-3,6,9H,4-5,7H2,1H3,(H,15,16,19). The Morgan fingerprint density at radius 3 is 3.20 bits per heavy atom. The van der Waals surface area contributed by atoms with Crippen molar-refractivity contribution < 1.29 is 9.53 Å². The van der Waals surface area contributed by atoms with Crippen molar-refractivity contribution in [2.45, 2.75) is 6.04 Å². The number of halogens is 1. The summed E-state index contributed by atoms with van der Waals surface area (Å²) in [5.41, 5.74) is 0.623. The Morgan fingerprint density at radius 1 is 1.55 bits per heavy atom. The van der Waals surface area contributed by atoms with E-state index in [1.807, 2.05) is 11.9 Å². The molecule has 106 valence electrons. The van der Waals surface area contributed by atoms with Gasteiger partial charge in [0.1, 0.15) is 6.04 Å². The van der Waals surface area contributed by atoms with Gasteiger partial charge in [-0.3, -0.25) is 15.0 Å². The second-order valence-corrected chi connectivity index (χ2v) is 5.08. The Labute approximate surface area is 120 Å². The summed E-state index contributed by atoms with van der Waals surface area (Å²) in [6.45, 7) is 1.75. The van der Waals surface area contributed by atoms with Gasteiger partial charge in [0.2, 0.25) is 11.9 Å². The van der Waals surface area contributed by atoms with E-state index in [2.05, 4.69) is 15.4 Å². The molecule has 1 saturated heterocycles. The quantitative estimate of drug-likeness (QED) is 0.881. The van der Waals surface area contributed by atoms with Crippen LogP contribution in [0.2, 0.25) is 5.02 Å². The van der Waals surface area contributed by atoms with Crippen LogP contribution < -0.4 is 5.32 Å². The van der Waals surface area contributed by atoms with E-state index in [9.17, 15) is 4.79 Å². The van der Waals surface area contributed by atoms with E-state index < -0.39 is 0 Å². The van der Waals surface area contributed by atoms with E-state index in [1.165, 1.54) is 4.52 Å². The molecule has 2 aromatic rings. The summed E-state index contributed by atoms with van der Waals surface area (Å²) in [6.07, 6.45) is 1.63. The first-order valence-electron chi connectivity index (χ1n) is 6.24. The second kappa shape index (κ2) is 5.35. The van der Waals surface area contributed by atoms with Gasteiger partial charge in [0.05, 0.1) is 18.2 Å². The molecule has 1 N–H and O–H groups in total. The molecule has 2 aromatic heterocycles. The van der Waals surface area contributed by atoms with Crippen LogP contribution in [0.1, 0.15) is 0 Å². The summed E-state index contributed by atoms with van der Waals surface area (Å²) >= 11 is 5.88. The molecule has 1 fully saturated rings. The molecule has 0 spiro atoms. The van der Waals surface area contributed by atoms with Crippen molar-refractivity contribution in [1.82, 2.24) is 19.5 Å². The highest BCUT2D eigenvalue weighted by Gasteiger charge is 2.27. The lowest BCUT2D eigenvalue weighted by atomic mass is 10.2. The first-order chi connectivity index (χ1) is 9.63. The van der Waals surface area contributed by atoms with E-state index in [1.54, 1.807) is 18.3 Å². The molecular formula is C12H14ClN5O2. The van der Waals surface area contributed by atoms with Crippen LogP contribution in [-0.4, -0.2) is 58.3 Å². The number of nitrogens with zero attached hydrogens (tertiary/aromatic N) is 4. The Kier molecular flexibility index (Phi) is 3.56. The van der Waals surface area contributed by atoms with Gasteiger partial charge in [-0.15, -0.1) is 5.10 Å². The van der Waals surface area contributed by atoms with Gasteiger partial charge < -0.3 is 4.74 Å². The highest BCUT2D eigenvalue weighted by atomic mass is 35.5. The molecule has 0 aromatic carbocycles. The summed E-state index contributed by atoms with van der Waals surface area (Å²) < 4.78 is 6.85. The molecule has 7 nitrogen and oxygen atoms in total. The van der Waals surface area contributed by atoms with Crippen molar-refractivity contribution in [3.63, 3.8) is 0 Å². The molecule has 0 bridgehead atoms. The number of hydrogen-bond acceptors (Lipinski definition) is 5. The lowest BCUT2D eigenvalue weighted by Crippen LogP contribution is -2.49. The maximum atomic E-state index is 12.2. The smallest absolute Gasteiger partial charge is 0.249 e. The molecule has 1 aliphatic heterocycles. The molecule has 0 saturated carbocycles. The fourth-order valence-corrected chi connectivity index (χ4v) is 2.22. The van der Waals surface area contributed by atoms with Crippen molar-refractivity contribution in [3.8, 4) is 0 Å². The van der Waals surface area contributed by atoms with E-state index in [0.717, 1.165) is 6.54 Å². The largest absolute Gasteiger partial charge is 0.378 e. The number of ether oxygens (including phenoxy) is 1. The van der Waals surface area contributed by atoms with Gasteiger partial charge in [-0.2, -0.15) is 4.98 Å². The summed E-state index contributed by atoms with van der Waals surface area (Å²) in [5.74, 6) is 0.0884. The van der Waals surface area contributed by atoms with E-state index >= 15 is 0 Å². The van der Waals surface area contributed by atoms with Crippen LogP contribution >= 0.6 is 11.6 Å². The third kappa shape index (κ3) is 2.60. The molecule has 1 atom stereocenters. The number of hydrogen-bond donors (Lipinski definition) is 1. The van der Waals surface area contributed by atoms with E-state index in [4.69, 9.17) is 16.3 Å². The third-order valence-electron chi connectivity index (χ3n) is 3.23. The molecule has 3 rings (SSSR count). The van der Waals surface area contributed by atoms with Gasteiger partial charge in [0, 0.05) is 12.7 Å². The predicted molar refractivity (Wildman–Crippen MR) is 73.9 cm³/mol. The zero-order chi connectivity index (χ0) is 14.1.